The van der Waals surface area contributed by atoms with Crippen molar-refractivity contribution < 1.29 is 9.90 Å². The van der Waals surface area contributed by atoms with Gasteiger partial charge >= 0.3 is 6.09 Å². The lowest BCUT2D eigenvalue weighted by Crippen LogP contribution is -2.41. The molecule has 1 amide bonds. The van der Waals surface area contributed by atoms with E-state index >= 15 is 0 Å². The van der Waals surface area contributed by atoms with Gasteiger partial charge in [-0.05, 0) is 51.2 Å². The summed E-state index contributed by atoms with van der Waals surface area (Å²) in [4.78, 5) is 17.1. The first kappa shape index (κ1) is 15.8. The number of carboxylic acid groups (broad SMARTS) is 1. The Labute approximate surface area is 126 Å². The average Bonchev–Trinajstić information content (AvgIpc) is 2.73. The zero-order valence-corrected chi connectivity index (χ0v) is 12.8. The van der Waals surface area contributed by atoms with Crippen molar-refractivity contribution in [1.29, 1.82) is 0 Å². The van der Waals surface area contributed by atoms with Gasteiger partial charge < -0.3 is 15.7 Å². The molecule has 5 nitrogen and oxygen atoms in total. The van der Waals surface area contributed by atoms with E-state index in [1.165, 1.54) is 0 Å². The van der Waals surface area contributed by atoms with Gasteiger partial charge in [-0.25, -0.2) is 4.79 Å². The Morgan fingerprint density at radius 2 is 2.33 bits per heavy atom. The first-order valence-corrected chi connectivity index (χ1v) is 7.54. The van der Waals surface area contributed by atoms with E-state index in [1.807, 2.05) is 32.0 Å². The van der Waals surface area contributed by atoms with E-state index < -0.39 is 6.09 Å². The molecule has 2 atom stereocenters. The molecule has 0 aromatic carbocycles. The molecule has 1 aromatic heterocycles. The van der Waals surface area contributed by atoms with Crippen LogP contribution in [0.5, 0.6) is 0 Å². The predicted octanol–water partition coefficient (Wildman–Crippen LogP) is 2.51. The molecule has 1 fully saturated rings. The second-order valence-electron chi connectivity index (χ2n) is 6.64. The molecule has 5 heteroatoms. The summed E-state index contributed by atoms with van der Waals surface area (Å²) in [6.07, 6.45) is 4.54. The zero-order valence-electron chi connectivity index (χ0n) is 12.8. The number of amides is 1. The summed E-state index contributed by atoms with van der Waals surface area (Å²) in [7, 11) is 0. The summed E-state index contributed by atoms with van der Waals surface area (Å²) in [5.41, 5.74) is 6.93. The van der Waals surface area contributed by atoms with Crippen molar-refractivity contribution in [3.05, 3.63) is 30.1 Å². The number of nitrogens with two attached hydrogens (primary N) is 1. The fraction of sp³-hybridized carbons (Fsp3) is 0.625. The van der Waals surface area contributed by atoms with Crippen molar-refractivity contribution in [3.63, 3.8) is 0 Å². The minimum Gasteiger partial charge on any atom is -0.465 e. The average molecular weight is 291 g/mol. The van der Waals surface area contributed by atoms with Crippen molar-refractivity contribution >= 4 is 6.09 Å². The van der Waals surface area contributed by atoms with Crippen LogP contribution in [-0.2, 0) is 6.42 Å². The molecule has 1 aliphatic heterocycles. The maximum atomic E-state index is 11.2. The van der Waals surface area contributed by atoms with E-state index in [4.69, 9.17) is 5.73 Å². The highest BCUT2D eigenvalue weighted by Crippen LogP contribution is 2.35. The molecule has 3 N–H and O–H groups in total. The first-order valence-electron chi connectivity index (χ1n) is 7.54. The van der Waals surface area contributed by atoms with Crippen LogP contribution < -0.4 is 5.73 Å². The van der Waals surface area contributed by atoms with E-state index in [0.29, 0.717) is 12.5 Å². The van der Waals surface area contributed by atoms with E-state index in [2.05, 4.69) is 4.98 Å². The molecule has 0 aliphatic carbocycles. The van der Waals surface area contributed by atoms with Crippen LogP contribution in [-0.4, -0.2) is 39.2 Å². The Morgan fingerprint density at radius 1 is 1.57 bits per heavy atom. The first-order chi connectivity index (χ1) is 9.88. The summed E-state index contributed by atoms with van der Waals surface area (Å²) in [6, 6.07) is 5.95. The number of aromatic nitrogens is 1. The van der Waals surface area contributed by atoms with E-state index in [-0.39, 0.29) is 11.6 Å². The maximum absolute atomic E-state index is 11.2. The van der Waals surface area contributed by atoms with Crippen LogP contribution in [0.15, 0.2) is 24.4 Å². The molecule has 116 valence electrons. The largest absolute Gasteiger partial charge is 0.465 e. The van der Waals surface area contributed by atoms with Gasteiger partial charge in [-0.15, -0.1) is 0 Å². The zero-order chi connectivity index (χ0) is 15.5. The van der Waals surface area contributed by atoms with Crippen LogP contribution in [0, 0.1) is 5.92 Å². The minimum absolute atomic E-state index is 0.0851. The van der Waals surface area contributed by atoms with Gasteiger partial charge in [0.25, 0.3) is 0 Å². The highest BCUT2D eigenvalue weighted by Gasteiger charge is 2.40. The molecule has 0 saturated carbocycles. The van der Waals surface area contributed by atoms with Crippen molar-refractivity contribution in [1.82, 2.24) is 9.88 Å². The standard InChI is InChI=1S/C16H25N3O2/c1-16(2)10-12(11-19(16)15(20)21)6-7-13(17)9-14-5-3-4-8-18-14/h3-5,8,12-13H,6-7,9-11,17H2,1-2H3,(H,20,21)/t12-,13?/m0/s1. The molecule has 0 bridgehead atoms. The summed E-state index contributed by atoms with van der Waals surface area (Å²) in [6.45, 7) is 4.61. The van der Waals surface area contributed by atoms with Gasteiger partial charge in [0, 0.05) is 36.4 Å². The maximum Gasteiger partial charge on any atom is 0.407 e. The van der Waals surface area contributed by atoms with Crippen molar-refractivity contribution in [2.24, 2.45) is 11.7 Å². The smallest absolute Gasteiger partial charge is 0.407 e. The Hall–Kier alpha value is -1.62. The molecular formula is C16H25N3O2. The number of carbonyl (C=O) groups is 1. The Bertz CT molecular complexity index is 476. The molecule has 1 aliphatic rings. The fourth-order valence-electron chi connectivity index (χ4n) is 3.26. The number of rotatable bonds is 5. The van der Waals surface area contributed by atoms with E-state index in [1.54, 1.807) is 11.1 Å². The molecule has 2 heterocycles. The third kappa shape index (κ3) is 4.17. The van der Waals surface area contributed by atoms with Crippen molar-refractivity contribution in [2.75, 3.05) is 6.54 Å². The quantitative estimate of drug-likeness (QED) is 0.873. The van der Waals surface area contributed by atoms with Gasteiger partial charge in [0.2, 0.25) is 0 Å². The van der Waals surface area contributed by atoms with Crippen molar-refractivity contribution in [2.45, 2.75) is 51.1 Å². The van der Waals surface area contributed by atoms with Gasteiger partial charge in [0.05, 0.1) is 0 Å². The second-order valence-corrected chi connectivity index (χ2v) is 6.64. The van der Waals surface area contributed by atoms with E-state index in [9.17, 15) is 9.90 Å². The summed E-state index contributed by atoms with van der Waals surface area (Å²) in [5, 5.41) is 9.23. The van der Waals surface area contributed by atoms with Gasteiger partial charge in [-0.3, -0.25) is 4.98 Å². The van der Waals surface area contributed by atoms with Gasteiger partial charge in [-0.1, -0.05) is 6.07 Å². The third-order valence-electron chi connectivity index (χ3n) is 4.33. The Balaban J connectivity index is 1.80. The highest BCUT2D eigenvalue weighted by atomic mass is 16.4. The molecule has 21 heavy (non-hydrogen) atoms. The third-order valence-corrected chi connectivity index (χ3v) is 4.33. The van der Waals surface area contributed by atoms with Crippen LogP contribution in [0.4, 0.5) is 4.79 Å². The summed E-state index contributed by atoms with van der Waals surface area (Å²) in [5.74, 6) is 0.408. The van der Waals surface area contributed by atoms with E-state index in [0.717, 1.165) is 31.4 Å². The highest BCUT2D eigenvalue weighted by molar-refractivity contribution is 5.66. The molecular weight excluding hydrogens is 266 g/mol. The number of nitrogens with zero attached hydrogens (tertiary/aromatic N) is 2. The van der Waals surface area contributed by atoms with Gasteiger partial charge in [0.15, 0.2) is 0 Å². The number of hydrogen-bond donors (Lipinski definition) is 2. The lowest BCUT2D eigenvalue weighted by molar-refractivity contribution is 0.117. The Kier molecular flexibility index (Phi) is 4.83. The second kappa shape index (κ2) is 6.43. The topological polar surface area (TPSA) is 79.5 Å². The molecule has 0 spiro atoms. The molecule has 2 rings (SSSR count). The lowest BCUT2D eigenvalue weighted by atomic mass is 9.91. The normalized spacial score (nSPS) is 22.2. The van der Waals surface area contributed by atoms with Crippen molar-refractivity contribution in [3.8, 4) is 0 Å². The van der Waals surface area contributed by atoms with Gasteiger partial charge in [-0.2, -0.15) is 0 Å². The Morgan fingerprint density at radius 3 is 2.90 bits per heavy atom. The van der Waals surface area contributed by atoms with Crippen LogP contribution in [0.25, 0.3) is 0 Å². The minimum atomic E-state index is -0.819. The molecule has 1 unspecified atom stereocenters. The lowest BCUT2D eigenvalue weighted by Gasteiger charge is -2.28. The SMILES string of the molecule is CC1(C)C[C@H](CCC(N)Cc2ccccn2)CN1C(=O)O. The van der Waals surface area contributed by atoms with Crippen LogP contribution in [0.1, 0.15) is 38.8 Å². The van der Waals surface area contributed by atoms with Crippen LogP contribution in [0.3, 0.4) is 0 Å². The summed E-state index contributed by atoms with van der Waals surface area (Å²) >= 11 is 0. The monoisotopic (exact) mass is 291 g/mol. The van der Waals surface area contributed by atoms with Crippen LogP contribution in [0.2, 0.25) is 0 Å². The van der Waals surface area contributed by atoms with Crippen LogP contribution >= 0.6 is 0 Å². The molecule has 0 radical (unpaired) electrons. The predicted molar refractivity (Wildman–Crippen MR) is 82.1 cm³/mol. The summed E-state index contributed by atoms with van der Waals surface area (Å²) < 4.78 is 0. The fourth-order valence-corrected chi connectivity index (χ4v) is 3.26. The molecule has 1 aromatic rings. The number of pyridine rings is 1. The number of likely N-dealkylation sites (tertiary alicyclic amines) is 1. The molecule has 1 saturated heterocycles. The van der Waals surface area contributed by atoms with Gasteiger partial charge in [0.1, 0.15) is 0 Å². The number of hydrogen-bond acceptors (Lipinski definition) is 3.